The lowest BCUT2D eigenvalue weighted by molar-refractivity contribution is -0.137. The lowest BCUT2D eigenvalue weighted by Gasteiger charge is -2.37. The van der Waals surface area contributed by atoms with Gasteiger partial charge in [0, 0.05) is 61.7 Å². The van der Waals surface area contributed by atoms with Crippen molar-refractivity contribution in [3.63, 3.8) is 0 Å². The van der Waals surface area contributed by atoms with Crippen molar-refractivity contribution in [3.8, 4) is 17.3 Å². The largest absolute Gasteiger partial charge is 0.416 e. The number of hydrogen-bond donors (Lipinski definition) is 2. The van der Waals surface area contributed by atoms with Crippen molar-refractivity contribution < 1.29 is 23.1 Å². The van der Waals surface area contributed by atoms with Crippen LogP contribution in [0.25, 0.3) is 17.3 Å². The quantitative estimate of drug-likeness (QED) is 0.355. The Balaban J connectivity index is 1.01. The smallest absolute Gasteiger partial charge is 0.385 e. The Kier molecular flexibility index (Phi) is 7.45. The highest BCUT2D eigenvalue weighted by molar-refractivity contribution is 5.92. The van der Waals surface area contributed by atoms with Crippen molar-refractivity contribution >= 4 is 5.91 Å². The Morgan fingerprint density at radius 2 is 1.76 bits per heavy atom. The number of likely N-dealkylation sites (tertiary alicyclic amines) is 1. The fourth-order valence-electron chi connectivity index (χ4n) is 5.65. The van der Waals surface area contributed by atoms with Gasteiger partial charge in [0.05, 0.1) is 11.2 Å². The molecule has 1 saturated carbocycles. The van der Waals surface area contributed by atoms with Crippen LogP contribution in [0.1, 0.15) is 53.7 Å². The first-order valence-corrected chi connectivity index (χ1v) is 13.8. The Bertz CT molecular complexity index is 1540. The summed E-state index contributed by atoms with van der Waals surface area (Å²) in [5.74, 6) is 0.292. The summed E-state index contributed by atoms with van der Waals surface area (Å²) in [5, 5.41) is 15.0. The SMILES string of the molecule is O=C(c1cn(-c2cc(C(F)(F)F)ccn2)cn1)N1CC[C@H](NC2CCC(O)(c3ccc(-c4ncccn4)nc3)CC2)C1. The molecule has 10 nitrogen and oxygen atoms in total. The summed E-state index contributed by atoms with van der Waals surface area (Å²) in [7, 11) is 0. The summed E-state index contributed by atoms with van der Waals surface area (Å²) in [4.78, 5) is 35.8. The average Bonchev–Trinajstić information content (AvgIpc) is 3.69. The van der Waals surface area contributed by atoms with Crippen molar-refractivity contribution in [2.24, 2.45) is 0 Å². The average molecular weight is 579 g/mol. The number of aromatic nitrogens is 6. The molecule has 2 fully saturated rings. The lowest BCUT2D eigenvalue weighted by Crippen LogP contribution is -2.45. The summed E-state index contributed by atoms with van der Waals surface area (Å²) in [5.41, 5.74) is -0.199. The van der Waals surface area contributed by atoms with Gasteiger partial charge < -0.3 is 15.3 Å². The van der Waals surface area contributed by atoms with E-state index in [1.807, 2.05) is 12.1 Å². The monoisotopic (exact) mass is 578 g/mol. The Morgan fingerprint density at radius 3 is 2.48 bits per heavy atom. The molecular formula is C29H29F3N8O2. The van der Waals surface area contributed by atoms with E-state index in [1.165, 1.54) is 17.1 Å². The molecule has 1 amide bonds. The summed E-state index contributed by atoms with van der Waals surface area (Å²) in [6.45, 7) is 1.05. The summed E-state index contributed by atoms with van der Waals surface area (Å²) in [6, 6.07) is 7.59. The number of pyridine rings is 2. The standard InChI is InChI=1S/C29H29F3N8O2/c30-29(31,32)19-6-12-33-25(14-19)40-17-24(37-18-40)27(41)39-13-7-22(16-39)38-21-4-8-28(42,9-5-21)20-2-3-23(36-15-20)26-34-10-1-11-35-26/h1-3,6,10-12,14-15,17-18,21-22,38,42H,4-5,7-9,13,16H2/t21?,22-,28?/m0/s1. The highest BCUT2D eigenvalue weighted by Crippen LogP contribution is 2.37. The zero-order valence-corrected chi connectivity index (χ0v) is 22.6. The van der Waals surface area contributed by atoms with Gasteiger partial charge in [-0.2, -0.15) is 13.2 Å². The normalized spacial score (nSPS) is 22.8. The predicted octanol–water partition coefficient (Wildman–Crippen LogP) is 3.77. The Labute approximate surface area is 239 Å². The first-order chi connectivity index (χ1) is 20.2. The van der Waals surface area contributed by atoms with Gasteiger partial charge in [-0.1, -0.05) is 6.07 Å². The maximum Gasteiger partial charge on any atom is 0.416 e. The van der Waals surface area contributed by atoms with Gasteiger partial charge in [-0.15, -0.1) is 0 Å². The number of amides is 1. The van der Waals surface area contributed by atoms with E-state index in [-0.39, 0.29) is 29.5 Å². The summed E-state index contributed by atoms with van der Waals surface area (Å²) in [6.07, 6.45) is 7.81. The van der Waals surface area contributed by atoms with Gasteiger partial charge in [-0.3, -0.25) is 14.3 Å². The fourth-order valence-corrected chi connectivity index (χ4v) is 5.65. The van der Waals surface area contributed by atoms with Gasteiger partial charge >= 0.3 is 6.18 Å². The number of rotatable bonds is 6. The van der Waals surface area contributed by atoms with Crippen LogP contribution in [0.4, 0.5) is 13.2 Å². The van der Waals surface area contributed by atoms with Gasteiger partial charge in [0.1, 0.15) is 23.5 Å². The van der Waals surface area contributed by atoms with E-state index in [2.05, 4.69) is 30.2 Å². The second-order valence-electron chi connectivity index (χ2n) is 10.8. The first kappa shape index (κ1) is 27.9. The van der Waals surface area contributed by atoms with Crippen molar-refractivity contribution in [1.29, 1.82) is 0 Å². The van der Waals surface area contributed by atoms with Crippen LogP contribution in [-0.2, 0) is 11.8 Å². The highest BCUT2D eigenvalue weighted by atomic mass is 19.4. The molecule has 5 heterocycles. The van der Waals surface area contributed by atoms with Crippen LogP contribution < -0.4 is 5.32 Å². The number of nitrogens with zero attached hydrogens (tertiary/aromatic N) is 7. The van der Waals surface area contributed by atoms with E-state index < -0.39 is 17.3 Å². The van der Waals surface area contributed by atoms with E-state index in [4.69, 9.17) is 0 Å². The Morgan fingerprint density at radius 1 is 0.976 bits per heavy atom. The third kappa shape index (κ3) is 5.88. The molecule has 4 aromatic heterocycles. The lowest BCUT2D eigenvalue weighted by atomic mass is 9.78. The molecule has 218 valence electrons. The molecule has 0 aromatic carbocycles. The maximum absolute atomic E-state index is 13.1. The van der Waals surface area contributed by atoms with Crippen LogP contribution in [0.3, 0.4) is 0 Å². The molecule has 2 N–H and O–H groups in total. The molecular weight excluding hydrogens is 549 g/mol. The van der Waals surface area contributed by atoms with Crippen LogP contribution in [0.2, 0.25) is 0 Å². The Hall–Kier alpha value is -4.23. The van der Waals surface area contributed by atoms with E-state index in [9.17, 15) is 23.1 Å². The van der Waals surface area contributed by atoms with E-state index in [0.717, 1.165) is 43.2 Å². The number of halogens is 3. The fraction of sp³-hybridized carbons (Fsp3) is 0.379. The third-order valence-corrected chi connectivity index (χ3v) is 7.99. The number of aliphatic hydroxyl groups is 1. The predicted molar refractivity (Wildman–Crippen MR) is 145 cm³/mol. The molecule has 4 aromatic rings. The van der Waals surface area contributed by atoms with E-state index in [0.29, 0.717) is 37.4 Å². The van der Waals surface area contributed by atoms with E-state index in [1.54, 1.807) is 29.6 Å². The molecule has 0 spiro atoms. The molecule has 42 heavy (non-hydrogen) atoms. The van der Waals surface area contributed by atoms with Crippen LogP contribution in [0.15, 0.2) is 67.6 Å². The zero-order valence-electron chi connectivity index (χ0n) is 22.6. The molecule has 1 saturated heterocycles. The van der Waals surface area contributed by atoms with Gasteiger partial charge in [0.2, 0.25) is 0 Å². The molecule has 0 radical (unpaired) electrons. The minimum absolute atomic E-state index is 0.0338. The summed E-state index contributed by atoms with van der Waals surface area (Å²) >= 11 is 0. The second-order valence-corrected chi connectivity index (χ2v) is 10.8. The second kappa shape index (κ2) is 11.2. The molecule has 1 aliphatic heterocycles. The number of carbonyl (C=O) groups excluding carboxylic acids is 1. The molecule has 13 heteroatoms. The topological polar surface area (TPSA) is 122 Å². The van der Waals surface area contributed by atoms with Crippen molar-refractivity contribution in [3.05, 3.63) is 84.5 Å². The van der Waals surface area contributed by atoms with Crippen molar-refractivity contribution in [2.45, 2.75) is 56.0 Å². The molecule has 1 aliphatic carbocycles. The van der Waals surface area contributed by atoms with Gasteiger partial charge in [-0.25, -0.2) is 19.9 Å². The molecule has 0 unspecified atom stereocenters. The van der Waals surface area contributed by atoms with Gasteiger partial charge in [-0.05, 0) is 56.4 Å². The van der Waals surface area contributed by atoms with Crippen LogP contribution >= 0.6 is 0 Å². The summed E-state index contributed by atoms with van der Waals surface area (Å²) < 4.78 is 40.5. The minimum atomic E-state index is -4.49. The molecule has 6 rings (SSSR count). The first-order valence-electron chi connectivity index (χ1n) is 13.8. The van der Waals surface area contributed by atoms with Crippen LogP contribution in [-0.4, -0.2) is 70.6 Å². The maximum atomic E-state index is 13.1. The molecule has 2 aliphatic rings. The number of carbonyl (C=O) groups is 1. The number of imidazole rings is 1. The van der Waals surface area contributed by atoms with Gasteiger partial charge in [0.15, 0.2) is 5.82 Å². The molecule has 0 bridgehead atoms. The van der Waals surface area contributed by atoms with Crippen molar-refractivity contribution in [2.75, 3.05) is 13.1 Å². The number of nitrogens with one attached hydrogen (secondary N) is 1. The number of alkyl halides is 3. The third-order valence-electron chi connectivity index (χ3n) is 7.99. The van der Waals surface area contributed by atoms with Crippen LogP contribution in [0.5, 0.6) is 0 Å². The van der Waals surface area contributed by atoms with Crippen LogP contribution in [0, 0.1) is 0 Å². The zero-order chi connectivity index (χ0) is 29.3. The molecule has 1 atom stereocenters. The minimum Gasteiger partial charge on any atom is -0.385 e. The van der Waals surface area contributed by atoms with Crippen molar-refractivity contribution in [1.82, 2.24) is 39.7 Å². The highest BCUT2D eigenvalue weighted by Gasteiger charge is 2.37. The van der Waals surface area contributed by atoms with E-state index >= 15 is 0 Å². The van der Waals surface area contributed by atoms with Gasteiger partial charge in [0.25, 0.3) is 5.91 Å². The number of hydrogen-bond acceptors (Lipinski definition) is 8.